The number of allylic oxidation sites excluding steroid dienone is 2. The number of hydrogen-bond donors (Lipinski definition) is 3. The van der Waals surface area contributed by atoms with E-state index in [-0.39, 0.29) is 18.6 Å². The van der Waals surface area contributed by atoms with Crippen molar-refractivity contribution in [2.75, 3.05) is 13.1 Å². The molecule has 2 atom stereocenters. The first-order valence-corrected chi connectivity index (χ1v) is 17.9. The molecule has 0 heterocycles. The second-order valence-corrected chi connectivity index (χ2v) is 13.3. The van der Waals surface area contributed by atoms with E-state index in [1.807, 2.05) is 6.92 Å². The molecule has 1 unspecified atom stereocenters. The number of alkyl carbamates (subject to hydrolysis) is 1. The van der Waals surface area contributed by atoms with Gasteiger partial charge in [0.25, 0.3) is 0 Å². The van der Waals surface area contributed by atoms with Crippen molar-refractivity contribution in [2.45, 2.75) is 194 Å². The lowest BCUT2D eigenvalue weighted by Crippen LogP contribution is -2.50. The van der Waals surface area contributed by atoms with Crippen molar-refractivity contribution in [3.63, 3.8) is 0 Å². The first-order valence-electron chi connectivity index (χ1n) is 17.9. The molecule has 0 saturated carbocycles. The summed E-state index contributed by atoms with van der Waals surface area (Å²) in [4.78, 5) is 25.3. The van der Waals surface area contributed by atoms with Crippen LogP contribution in [-0.2, 0) is 14.3 Å². The monoisotopic (exact) mass is 610 g/mol. The van der Waals surface area contributed by atoms with Gasteiger partial charge in [0.05, 0.1) is 12.3 Å². The zero-order valence-electron chi connectivity index (χ0n) is 29.2. The zero-order chi connectivity index (χ0) is 32.2. The maximum atomic E-state index is 13.0. The van der Waals surface area contributed by atoms with E-state index in [0.717, 1.165) is 25.0 Å². The SMILES string of the molecule is CCCCCCCCCC/C=C(\C)OC(CCCCCCCCCCCC)CNC(=O)[C@@H](CCN)NC(=O)OC(C)(C)C. The molecule has 0 radical (unpaired) electrons. The number of nitrogens with one attached hydrogen (secondary N) is 2. The Hall–Kier alpha value is -1.76. The van der Waals surface area contributed by atoms with Gasteiger partial charge in [0.1, 0.15) is 17.7 Å². The maximum absolute atomic E-state index is 13.0. The minimum Gasteiger partial charge on any atom is -0.494 e. The third kappa shape index (κ3) is 27.5. The summed E-state index contributed by atoms with van der Waals surface area (Å²) in [6, 6.07) is -0.739. The highest BCUT2D eigenvalue weighted by atomic mass is 16.6. The van der Waals surface area contributed by atoms with E-state index in [1.54, 1.807) is 20.8 Å². The van der Waals surface area contributed by atoms with Crippen LogP contribution in [0.2, 0.25) is 0 Å². The van der Waals surface area contributed by atoms with E-state index in [1.165, 1.54) is 109 Å². The van der Waals surface area contributed by atoms with Crippen molar-refractivity contribution in [3.05, 3.63) is 11.8 Å². The summed E-state index contributed by atoms with van der Waals surface area (Å²) < 4.78 is 11.7. The van der Waals surface area contributed by atoms with Crippen molar-refractivity contribution in [1.29, 1.82) is 0 Å². The minimum absolute atomic E-state index is 0.104. The lowest BCUT2D eigenvalue weighted by Gasteiger charge is -2.24. The molecule has 0 aliphatic carbocycles. The average molecular weight is 610 g/mol. The first-order chi connectivity index (χ1) is 20.6. The summed E-state index contributed by atoms with van der Waals surface area (Å²) in [6.07, 6.45) is 27.1. The van der Waals surface area contributed by atoms with Gasteiger partial charge in [-0.2, -0.15) is 0 Å². The van der Waals surface area contributed by atoms with Crippen molar-refractivity contribution in [2.24, 2.45) is 5.73 Å². The zero-order valence-corrected chi connectivity index (χ0v) is 29.2. The van der Waals surface area contributed by atoms with Crippen molar-refractivity contribution in [3.8, 4) is 0 Å². The third-order valence-electron chi connectivity index (χ3n) is 7.69. The molecule has 0 aliphatic heterocycles. The molecule has 7 heteroatoms. The van der Waals surface area contributed by atoms with E-state index >= 15 is 0 Å². The van der Waals surface area contributed by atoms with Gasteiger partial charge in [-0.25, -0.2) is 4.79 Å². The van der Waals surface area contributed by atoms with E-state index in [0.29, 0.717) is 13.0 Å². The van der Waals surface area contributed by atoms with Crippen molar-refractivity contribution in [1.82, 2.24) is 10.6 Å². The standard InChI is InChI=1S/C36H71N3O4/c1-7-9-11-13-15-17-19-21-23-25-27-32(42-31(3)26-24-22-20-18-16-14-12-10-8-2)30-38-34(40)33(28-29-37)39-35(41)43-36(4,5)6/h26,32-33H,7-25,27-30,37H2,1-6H3,(H,38,40)(H,39,41)/b31-26+/t32?,33-/m1/s1. The van der Waals surface area contributed by atoms with Crippen LogP contribution in [0.4, 0.5) is 4.79 Å². The van der Waals surface area contributed by atoms with Crippen LogP contribution in [0.3, 0.4) is 0 Å². The largest absolute Gasteiger partial charge is 0.494 e. The van der Waals surface area contributed by atoms with Gasteiger partial charge in [0, 0.05) is 0 Å². The van der Waals surface area contributed by atoms with Gasteiger partial charge >= 0.3 is 6.09 Å². The van der Waals surface area contributed by atoms with E-state index in [2.05, 4.69) is 30.6 Å². The highest BCUT2D eigenvalue weighted by Gasteiger charge is 2.24. The van der Waals surface area contributed by atoms with Gasteiger partial charge in [-0.15, -0.1) is 0 Å². The van der Waals surface area contributed by atoms with Gasteiger partial charge in [-0.1, -0.05) is 117 Å². The fourth-order valence-electron chi connectivity index (χ4n) is 5.18. The van der Waals surface area contributed by atoms with Crippen LogP contribution in [0.1, 0.15) is 176 Å². The highest BCUT2D eigenvalue weighted by Crippen LogP contribution is 2.16. The molecular formula is C36H71N3O4. The molecule has 0 aromatic rings. The third-order valence-corrected chi connectivity index (χ3v) is 7.69. The lowest BCUT2D eigenvalue weighted by atomic mass is 10.0. The summed E-state index contributed by atoms with van der Waals surface area (Å²) in [5, 5.41) is 5.69. The molecule has 4 N–H and O–H groups in total. The fraction of sp³-hybridized carbons (Fsp3) is 0.889. The van der Waals surface area contributed by atoms with Crippen LogP contribution in [0.5, 0.6) is 0 Å². The number of ether oxygens (including phenoxy) is 2. The van der Waals surface area contributed by atoms with Crippen LogP contribution in [0, 0.1) is 0 Å². The molecule has 0 fully saturated rings. The van der Waals surface area contributed by atoms with Crippen LogP contribution in [0.15, 0.2) is 11.8 Å². The highest BCUT2D eigenvalue weighted by molar-refractivity contribution is 5.85. The van der Waals surface area contributed by atoms with Crippen molar-refractivity contribution >= 4 is 12.0 Å². The Morgan fingerprint density at radius 3 is 1.72 bits per heavy atom. The molecule has 0 bridgehead atoms. The molecule has 7 nitrogen and oxygen atoms in total. The molecule has 0 aromatic carbocycles. The lowest BCUT2D eigenvalue weighted by molar-refractivity contribution is -0.123. The average Bonchev–Trinajstić information content (AvgIpc) is 2.94. The summed E-state index contributed by atoms with van der Waals surface area (Å²) >= 11 is 0. The summed E-state index contributed by atoms with van der Waals surface area (Å²) in [5.74, 6) is 0.674. The second-order valence-electron chi connectivity index (χ2n) is 13.3. The first kappa shape index (κ1) is 41.2. The Bertz CT molecular complexity index is 705. The maximum Gasteiger partial charge on any atom is 0.408 e. The summed E-state index contributed by atoms with van der Waals surface area (Å²) in [6.45, 7) is 12.6. The number of unbranched alkanes of at least 4 members (excludes halogenated alkanes) is 17. The smallest absolute Gasteiger partial charge is 0.408 e. The molecule has 254 valence electrons. The van der Waals surface area contributed by atoms with Gasteiger partial charge < -0.3 is 25.8 Å². The van der Waals surface area contributed by atoms with Gasteiger partial charge in [0.2, 0.25) is 5.91 Å². The van der Waals surface area contributed by atoms with Gasteiger partial charge in [0.15, 0.2) is 0 Å². The number of carbonyl (C=O) groups is 2. The second kappa shape index (κ2) is 27.8. The topological polar surface area (TPSA) is 103 Å². The van der Waals surface area contributed by atoms with E-state index in [4.69, 9.17) is 15.2 Å². The molecule has 0 aliphatic rings. The normalized spacial score (nSPS) is 13.4. The van der Waals surface area contributed by atoms with E-state index in [9.17, 15) is 9.59 Å². The molecule has 2 amide bonds. The molecule has 0 rings (SSSR count). The Morgan fingerprint density at radius 2 is 1.23 bits per heavy atom. The number of hydrogen-bond acceptors (Lipinski definition) is 5. The molecular weight excluding hydrogens is 538 g/mol. The Kier molecular flexibility index (Phi) is 26.6. The van der Waals surface area contributed by atoms with Gasteiger partial charge in [-0.3, -0.25) is 4.79 Å². The summed E-state index contributed by atoms with van der Waals surface area (Å²) in [5.41, 5.74) is 5.10. The Morgan fingerprint density at radius 1 is 0.744 bits per heavy atom. The molecule has 43 heavy (non-hydrogen) atoms. The molecule has 0 spiro atoms. The number of nitrogens with two attached hydrogens (primary N) is 1. The fourth-order valence-corrected chi connectivity index (χ4v) is 5.18. The number of rotatable bonds is 28. The van der Waals surface area contributed by atoms with Crippen LogP contribution in [0.25, 0.3) is 0 Å². The minimum atomic E-state index is -0.739. The summed E-state index contributed by atoms with van der Waals surface area (Å²) in [7, 11) is 0. The predicted molar refractivity (Wildman–Crippen MR) is 182 cm³/mol. The van der Waals surface area contributed by atoms with Crippen LogP contribution in [-0.4, -0.2) is 42.8 Å². The Balaban J connectivity index is 4.79. The van der Waals surface area contributed by atoms with Crippen molar-refractivity contribution < 1.29 is 19.1 Å². The van der Waals surface area contributed by atoms with E-state index < -0.39 is 17.7 Å². The Labute approximate surface area is 266 Å². The quantitative estimate of drug-likeness (QED) is 0.0605. The van der Waals surface area contributed by atoms with Gasteiger partial charge in [-0.05, 0) is 72.4 Å². The predicted octanol–water partition coefficient (Wildman–Crippen LogP) is 9.48. The molecule has 0 aromatic heterocycles. The number of amides is 2. The van der Waals surface area contributed by atoms with Crippen LogP contribution >= 0.6 is 0 Å². The molecule has 0 saturated heterocycles. The van der Waals surface area contributed by atoms with Crippen LogP contribution < -0.4 is 16.4 Å². The number of carbonyl (C=O) groups excluding carboxylic acids is 2.